The largest absolute Gasteiger partial charge is 0.477 e. The molecule has 0 amide bonds. The molecule has 9 heteroatoms. The number of nitrogens with two attached hydrogens (primary N) is 1. The van der Waals surface area contributed by atoms with Gasteiger partial charge in [-0.25, -0.2) is 18.0 Å². The second kappa shape index (κ2) is 6.58. The van der Waals surface area contributed by atoms with Crippen molar-refractivity contribution in [3.8, 4) is 5.69 Å². The summed E-state index contributed by atoms with van der Waals surface area (Å²) < 4.78 is 44.1. The fourth-order valence-electron chi connectivity index (χ4n) is 4.55. The molecule has 31 heavy (non-hydrogen) atoms. The summed E-state index contributed by atoms with van der Waals surface area (Å²) in [5.41, 5.74) is 4.66. The van der Waals surface area contributed by atoms with E-state index in [1.807, 2.05) is 4.90 Å². The van der Waals surface area contributed by atoms with E-state index in [9.17, 15) is 23.5 Å². The molecule has 160 valence electrons. The van der Waals surface area contributed by atoms with Crippen LogP contribution < -0.4 is 16.1 Å². The van der Waals surface area contributed by atoms with Crippen molar-refractivity contribution in [1.29, 1.82) is 0 Å². The van der Waals surface area contributed by atoms with Crippen molar-refractivity contribution in [3.05, 3.63) is 69.8 Å². The standard InChI is InChI=1S/C22H18F3N3O3/c23-11-1-2-16(14(24)5-11)28-9-13(21(30)31)20(29)12-6-15(25)18(7-17(12)28)27-4-3-22(10-27)8-19(22)26/h1-2,5-7,9,19H,3-4,8,10,26H2,(H,30,31). The third-order valence-corrected chi connectivity index (χ3v) is 6.45. The molecule has 2 aliphatic rings. The average molecular weight is 429 g/mol. The number of carbonyl (C=O) groups is 1. The minimum absolute atomic E-state index is 0.0305. The molecule has 1 saturated carbocycles. The zero-order valence-corrected chi connectivity index (χ0v) is 16.2. The maximum Gasteiger partial charge on any atom is 0.341 e. The second-order valence-corrected chi connectivity index (χ2v) is 8.31. The van der Waals surface area contributed by atoms with E-state index in [1.165, 1.54) is 6.07 Å². The number of pyridine rings is 1. The van der Waals surface area contributed by atoms with E-state index in [1.54, 1.807) is 0 Å². The Bertz CT molecular complexity index is 1320. The summed E-state index contributed by atoms with van der Waals surface area (Å²) in [6, 6.07) is 5.28. The van der Waals surface area contributed by atoms with Crippen LogP contribution in [-0.2, 0) is 0 Å². The smallest absolute Gasteiger partial charge is 0.341 e. The zero-order valence-electron chi connectivity index (χ0n) is 16.2. The van der Waals surface area contributed by atoms with Crippen molar-refractivity contribution >= 4 is 22.6 Å². The van der Waals surface area contributed by atoms with Crippen LogP contribution >= 0.6 is 0 Å². The number of carboxylic acids is 1. The van der Waals surface area contributed by atoms with Crippen molar-refractivity contribution in [2.24, 2.45) is 11.1 Å². The van der Waals surface area contributed by atoms with E-state index in [0.29, 0.717) is 19.2 Å². The number of aromatic nitrogens is 1. The molecule has 1 saturated heterocycles. The first-order valence-corrected chi connectivity index (χ1v) is 9.78. The molecule has 1 aromatic heterocycles. The fraction of sp³-hybridized carbons (Fsp3) is 0.273. The molecule has 0 radical (unpaired) electrons. The molecular weight excluding hydrogens is 411 g/mol. The Morgan fingerprint density at radius 1 is 1.13 bits per heavy atom. The molecule has 1 aliphatic heterocycles. The molecule has 2 unspecified atom stereocenters. The van der Waals surface area contributed by atoms with Gasteiger partial charge >= 0.3 is 5.97 Å². The molecule has 0 bridgehead atoms. The van der Waals surface area contributed by atoms with E-state index in [2.05, 4.69) is 0 Å². The second-order valence-electron chi connectivity index (χ2n) is 8.31. The SMILES string of the molecule is NC1CC12CCN(c1cc3c(cc1F)c(=O)c(C(=O)O)cn3-c1ccc(F)cc1F)C2. The number of benzene rings is 2. The number of fused-ring (bicyclic) bond motifs is 1. The third kappa shape index (κ3) is 2.99. The highest BCUT2D eigenvalue weighted by molar-refractivity contribution is 5.94. The van der Waals surface area contributed by atoms with Crippen molar-refractivity contribution in [2.45, 2.75) is 18.9 Å². The summed E-state index contributed by atoms with van der Waals surface area (Å²) in [7, 11) is 0. The predicted molar refractivity (Wildman–Crippen MR) is 108 cm³/mol. The molecule has 3 aromatic rings. The molecule has 1 aliphatic carbocycles. The van der Waals surface area contributed by atoms with Gasteiger partial charge in [0.05, 0.1) is 16.9 Å². The Morgan fingerprint density at radius 3 is 2.45 bits per heavy atom. The topological polar surface area (TPSA) is 88.6 Å². The summed E-state index contributed by atoms with van der Waals surface area (Å²) in [6.07, 6.45) is 2.67. The Balaban J connectivity index is 1.75. The van der Waals surface area contributed by atoms with E-state index in [4.69, 9.17) is 5.73 Å². The molecule has 2 atom stereocenters. The molecule has 6 nitrogen and oxygen atoms in total. The van der Waals surface area contributed by atoms with Crippen LogP contribution in [-0.4, -0.2) is 34.8 Å². The Morgan fingerprint density at radius 2 is 1.84 bits per heavy atom. The van der Waals surface area contributed by atoms with Crippen LogP contribution in [0.5, 0.6) is 0 Å². The van der Waals surface area contributed by atoms with Crippen LogP contribution in [0.25, 0.3) is 16.6 Å². The van der Waals surface area contributed by atoms with Gasteiger partial charge in [0.1, 0.15) is 23.0 Å². The minimum Gasteiger partial charge on any atom is -0.477 e. The lowest BCUT2D eigenvalue weighted by molar-refractivity contribution is 0.0695. The number of hydrogen-bond acceptors (Lipinski definition) is 4. The third-order valence-electron chi connectivity index (χ3n) is 6.45. The van der Waals surface area contributed by atoms with E-state index in [0.717, 1.165) is 41.8 Å². The van der Waals surface area contributed by atoms with Gasteiger partial charge in [-0.2, -0.15) is 0 Å². The van der Waals surface area contributed by atoms with Crippen LogP contribution in [0.2, 0.25) is 0 Å². The Labute approximate surface area is 174 Å². The van der Waals surface area contributed by atoms with E-state index in [-0.39, 0.29) is 33.7 Å². The van der Waals surface area contributed by atoms with E-state index >= 15 is 4.39 Å². The van der Waals surface area contributed by atoms with Crippen molar-refractivity contribution in [2.75, 3.05) is 18.0 Å². The van der Waals surface area contributed by atoms with Gasteiger partial charge in [-0.15, -0.1) is 0 Å². The molecule has 2 aromatic carbocycles. The molecule has 3 N–H and O–H groups in total. The minimum atomic E-state index is -1.53. The number of halogens is 3. The van der Waals surface area contributed by atoms with Gasteiger partial charge in [-0.3, -0.25) is 4.79 Å². The summed E-state index contributed by atoms with van der Waals surface area (Å²) in [4.78, 5) is 26.1. The van der Waals surface area contributed by atoms with Crippen LogP contribution in [0.4, 0.5) is 18.9 Å². The molecule has 2 fully saturated rings. The van der Waals surface area contributed by atoms with Gasteiger partial charge in [0, 0.05) is 42.2 Å². The lowest BCUT2D eigenvalue weighted by Crippen LogP contribution is -2.24. The number of anilines is 1. The van der Waals surface area contributed by atoms with Gasteiger partial charge in [0.25, 0.3) is 0 Å². The summed E-state index contributed by atoms with van der Waals surface area (Å²) >= 11 is 0. The quantitative estimate of drug-likeness (QED) is 0.668. The number of nitrogens with zero attached hydrogens (tertiary/aromatic N) is 2. The van der Waals surface area contributed by atoms with Crippen molar-refractivity contribution < 1.29 is 23.1 Å². The first-order chi connectivity index (χ1) is 14.7. The number of rotatable bonds is 3. The van der Waals surface area contributed by atoms with Crippen LogP contribution in [0, 0.1) is 22.9 Å². The lowest BCUT2D eigenvalue weighted by Gasteiger charge is -2.21. The summed E-state index contributed by atoms with van der Waals surface area (Å²) in [5, 5.41) is 9.21. The zero-order chi connectivity index (χ0) is 22.1. The normalized spacial score (nSPS) is 22.5. The van der Waals surface area contributed by atoms with Gasteiger partial charge in [0.15, 0.2) is 0 Å². The lowest BCUT2D eigenvalue weighted by atomic mass is 10.1. The van der Waals surface area contributed by atoms with Gasteiger partial charge in [0.2, 0.25) is 5.43 Å². The predicted octanol–water partition coefficient (Wildman–Crippen LogP) is 3.03. The van der Waals surface area contributed by atoms with Gasteiger partial charge < -0.3 is 20.3 Å². The van der Waals surface area contributed by atoms with Crippen LogP contribution in [0.3, 0.4) is 0 Å². The van der Waals surface area contributed by atoms with E-state index < -0.39 is 34.4 Å². The monoisotopic (exact) mass is 429 g/mol. The van der Waals surface area contributed by atoms with Crippen molar-refractivity contribution in [1.82, 2.24) is 4.57 Å². The average Bonchev–Trinajstić information content (AvgIpc) is 3.13. The number of carboxylic acid groups (broad SMARTS) is 1. The number of aromatic carboxylic acids is 1. The molecule has 2 heterocycles. The van der Waals surface area contributed by atoms with Gasteiger partial charge in [-0.1, -0.05) is 0 Å². The summed E-state index contributed by atoms with van der Waals surface area (Å²) in [5.74, 6) is -3.96. The first-order valence-electron chi connectivity index (χ1n) is 9.78. The highest BCUT2D eigenvalue weighted by Crippen LogP contribution is 2.52. The van der Waals surface area contributed by atoms with Crippen LogP contribution in [0.1, 0.15) is 23.2 Å². The number of hydrogen-bond donors (Lipinski definition) is 2. The Kier molecular flexibility index (Phi) is 4.17. The summed E-state index contributed by atoms with van der Waals surface area (Å²) in [6.45, 7) is 1.15. The highest BCUT2D eigenvalue weighted by Gasteiger charge is 2.55. The maximum absolute atomic E-state index is 15.0. The highest BCUT2D eigenvalue weighted by atomic mass is 19.1. The maximum atomic E-state index is 15.0. The molecule has 5 rings (SSSR count). The molecule has 1 spiro atoms. The van der Waals surface area contributed by atoms with Crippen molar-refractivity contribution in [3.63, 3.8) is 0 Å². The van der Waals surface area contributed by atoms with Gasteiger partial charge in [-0.05, 0) is 37.1 Å². The Hall–Kier alpha value is -3.33. The molecular formula is C22H18F3N3O3. The fourth-order valence-corrected chi connectivity index (χ4v) is 4.55. The first kappa shape index (κ1) is 19.6. The van der Waals surface area contributed by atoms with Crippen LogP contribution in [0.15, 0.2) is 41.3 Å².